The van der Waals surface area contributed by atoms with E-state index in [4.69, 9.17) is 5.73 Å². The fourth-order valence-corrected chi connectivity index (χ4v) is 4.01. The van der Waals surface area contributed by atoms with E-state index in [0.29, 0.717) is 29.9 Å². The summed E-state index contributed by atoms with van der Waals surface area (Å²) in [7, 11) is 0. The summed E-state index contributed by atoms with van der Waals surface area (Å²) in [6.07, 6.45) is 0.658. The van der Waals surface area contributed by atoms with E-state index in [1.54, 1.807) is 0 Å². The smallest absolute Gasteiger partial charge is 0.237 e. The lowest BCUT2D eigenvalue weighted by atomic mass is 10.2. The minimum absolute atomic E-state index is 0.118. The van der Waals surface area contributed by atoms with Gasteiger partial charge in [-0.25, -0.2) is 0 Å². The molecule has 0 bridgehead atoms. The Labute approximate surface area is 178 Å². The summed E-state index contributed by atoms with van der Waals surface area (Å²) in [5.41, 5.74) is 7.09. The second-order valence-corrected chi connectivity index (χ2v) is 9.26. The zero-order valence-electron chi connectivity index (χ0n) is 16.5. The van der Waals surface area contributed by atoms with Crippen LogP contribution in [0, 0.1) is 12.8 Å². The van der Waals surface area contributed by atoms with E-state index < -0.39 is 0 Å². The summed E-state index contributed by atoms with van der Waals surface area (Å²) >= 11 is 4.83. The Balaban J connectivity index is 2.11. The maximum Gasteiger partial charge on any atom is 0.237 e. The molecule has 0 saturated carbocycles. The topological polar surface area (TPSA) is 103 Å². The molecular formula is C19H26BrN5O2S. The molecule has 2 rings (SSSR count). The predicted molar refractivity (Wildman–Crippen MR) is 115 cm³/mol. The number of thioether (sulfide) groups is 1. The molecule has 7 nitrogen and oxygen atoms in total. The Morgan fingerprint density at radius 3 is 2.61 bits per heavy atom. The average Bonchev–Trinajstić information content (AvgIpc) is 2.96. The van der Waals surface area contributed by atoms with Crippen LogP contribution >= 0.6 is 27.7 Å². The fourth-order valence-electron chi connectivity index (χ4n) is 2.54. The third-order valence-corrected chi connectivity index (χ3v) is 5.71. The normalized spacial score (nSPS) is 12.2. The molecule has 2 amide bonds. The van der Waals surface area contributed by atoms with Crippen molar-refractivity contribution >= 4 is 45.2 Å². The molecule has 1 aromatic carbocycles. The Morgan fingerprint density at radius 2 is 2.00 bits per heavy atom. The molecule has 0 aliphatic heterocycles. The first kappa shape index (κ1) is 22.4. The maximum atomic E-state index is 12.6. The number of amides is 2. The quantitative estimate of drug-likeness (QED) is 0.548. The number of aromatic nitrogens is 3. The van der Waals surface area contributed by atoms with E-state index in [9.17, 15) is 9.59 Å². The van der Waals surface area contributed by atoms with Crippen LogP contribution in [0.25, 0.3) is 0 Å². The van der Waals surface area contributed by atoms with Crippen LogP contribution in [0.4, 0.5) is 5.69 Å². The number of carbonyl (C=O) groups is 2. The second-order valence-electron chi connectivity index (χ2n) is 7.10. The van der Waals surface area contributed by atoms with E-state index in [-0.39, 0.29) is 23.5 Å². The van der Waals surface area contributed by atoms with Gasteiger partial charge in [0, 0.05) is 23.9 Å². The molecule has 1 atom stereocenters. The molecule has 0 fully saturated rings. The zero-order chi connectivity index (χ0) is 20.8. The van der Waals surface area contributed by atoms with Gasteiger partial charge in [-0.2, -0.15) is 0 Å². The molecule has 1 unspecified atom stereocenters. The molecule has 9 heteroatoms. The van der Waals surface area contributed by atoms with Crippen molar-refractivity contribution < 1.29 is 9.59 Å². The van der Waals surface area contributed by atoms with Crippen LogP contribution in [-0.2, 0) is 22.6 Å². The molecule has 3 N–H and O–H groups in total. The first-order valence-electron chi connectivity index (χ1n) is 9.11. The first-order chi connectivity index (χ1) is 13.2. The standard InChI is InChI=1S/C19H26BrN5O2S/c1-11(2)10-25-17(8-7-16(21)26)23-24-19(25)28-13(4)18(27)22-15-6-5-12(3)9-14(15)20/h5-6,9,11,13H,7-8,10H2,1-4H3,(H2,21,26)(H,22,27). The molecular weight excluding hydrogens is 442 g/mol. The summed E-state index contributed by atoms with van der Waals surface area (Å²) < 4.78 is 2.82. The molecule has 28 heavy (non-hydrogen) atoms. The summed E-state index contributed by atoms with van der Waals surface area (Å²) in [6.45, 7) is 8.72. The summed E-state index contributed by atoms with van der Waals surface area (Å²) in [5, 5.41) is 11.7. The number of aryl methyl sites for hydroxylation is 2. The molecule has 1 aromatic heterocycles. The second kappa shape index (κ2) is 10.1. The van der Waals surface area contributed by atoms with E-state index in [1.165, 1.54) is 11.8 Å². The third-order valence-electron chi connectivity index (χ3n) is 3.97. The maximum absolute atomic E-state index is 12.6. The largest absolute Gasteiger partial charge is 0.370 e. The highest BCUT2D eigenvalue weighted by molar-refractivity contribution is 9.10. The van der Waals surface area contributed by atoms with Crippen LogP contribution in [0.15, 0.2) is 27.8 Å². The lowest BCUT2D eigenvalue weighted by Crippen LogP contribution is -2.23. The highest BCUT2D eigenvalue weighted by Gasteiger charge is 2.21. The third kappa shape index (κ3) is 6.34. The SMILES string of the molecule is Cc1ccc(NC(=O)C(C)Sc2nnc(CCC(N)=O)n2CC(C)C)c(Br)c1. The van der Waals surface area contributed by atoms with Crippen molar-refractivity contribution in [2.75, 3.05) is 5.32 Å². The number of primary amides is 1. The fraction of sp³-hybridized carbons (Fsp3) is 0.474. The monoisotopic (exact) mass is 467 g/mol. The number of nitrogens with zero attached hydrogens (tertiary/aromatic N) is 3. The van der Waals surface area contributed by atoms with Gasteiger partial charge in [0.1, 0.15) is 5.82 Å². The predicted octanol–water partition coefficient (Wildman–Crippen LogP) is 3.54. The number of nitrogens with one attached hydrogen (secondary N) is 1. The Kier molecular flexibility index (Phi) is 8.06. The molecule has 0 saturated heterocycles. The number of carbonyl (C=O) groups excluding carboxylic acids is 2. The van der Waals surface area contributed by atoms with Gasteiger partial charge in [-0.15, -0.1) is 10.2 Å². The van der Waals surface area contributed by atoms with Crippen molar-refractivity contribution in [3.8, 4) is 0 Å². The average molecular weight is 468 g/mol. The molecule has 2 aromatic rings. The molecule has 152 valence electrons. The van der Waals surface area contributed by atoms with Crippen molar-refractivity contribution in [2.24, 2.45) is 11.7 Å². The minimum Gasteiger partial charge on any atom is -0.370 e. The number of benzene rings is 1. The lowest BCUT2D eigenvalue weighted by Gasteiger charge is -2.15. The van der Waals surface area contributed by atoms with Gasteiger partial charge < -0.3 is 15.6 Å². The van der Waals surface area contributed by atoms with Gasteiger partial charge in [0.2, 0.25) is 11.8 Å². The van der Waals surface area contributed by atoms with Crippen LogP contribution in [0.2, 0.25) is 0 Å². The van der Waals surface area contributed by atoms with E-state index in [2.05, 4.69) is 45.3 Å². The Bertz CT molecular complexity index is 853. The first-order valence-corrected chi connectivity index (χ1v) is 10.8. The molecule has 0 aliphatic rings. The Hall–Kier alpha value is -1.87. The highest BCUT2D eigenvalue weighted by atomic mass is 79.9. The number of anilines is 1. The van der Waals surface area contributed by atoms with E-state index in [0.717, 1.165) is 15.7 Å². The van der Waals surface area contributed by atoms with Gasteiger partial charge in [-0.3, -0.25) is 9.59 Å². The number of rotatable bonds is 9. The van der Waals surface area contributed by atoms with Gasteiger partial charge in [-0.05, 0) is 53.4 Å². The van der Waals surface area contributed by atoms with Crippen molar-refractivity contribution in [1.82, 2.24) is 14.8 Å². The number of nitrogens with two attached hydrogens (primary N) is 1. The van der Waals surface area contributed by atoms with Crippen molar-refractivity contribution in [3.63, 3.8) is 0 Å². The number of hydrogen-bond acceptors (Lipinski definition) is 5. The van der Waals surface area contributed by atoms with Gasteiger partial charge in [0.05, 0.1) is 10.9 Å². The van der Waals surface area contributed by atoms with Crippen LogP contribution in [0.1, 0.15) is 38.6 Å². The number of halogens is 1. The minimum atomic E-state index is -0.371. The van der Waals surface area contributed by atoms with Crippen LogP contribution in [-0.4, -0.2) is 31.8 Å². The highest BCUT2D eigenvalue weighted by Crippen LogP contribution is 2.27. The van der Waals surface area contributed by atoms with Crippen LogP contribution < -0.4 is 11.1 Å². The van der Waals surface area contributed by atoms with Crippen molar-refractivity contribution in [1.29, 1.82) is 0 Å². The van der Waals surface area contributed by atoms with Crippen molar-refractivity contribution in [3.05, 3.63) is 34.1 Å². The number of hydrogen-bond donors (Lipinski definition) is 2. The molecule has 1 heterocycles. The van der Waals surface area contributed by atoms with Gasteiger partial charge >= 0.3 is 0 Å². The van der Waals surface area contributed by atoms with Gasteiger partial charge in [0.25, 0.3) is 0 Å². The van der Waals surface area contributed by atoms with Crippen molar-refractivity contribution in [2.45, 2.75) is 57.5 Å². The summed E-state index contributed by atoms with van der Waals surface area (Å²) in [5.74, 6) is 0.594. The molecule has 0 radical (unpaired) electrons. The molecule has 0 aliphatic carbocycles. The van der Waals surface area contributed by atoms with Crippen LogP contribution in [0.3, 0.4) is 0 Å². The Morgan fingerprint density at radius 1 is 1.29 bits per heavy atom. The summed E-state index contributed by atoms with van der Waals surface area (Å²) in [6, 6.07) is 5.78. The van der Waals surface area contributed by atoms with E-state index in [1.807, 2.05) is 36.6 Å². The zero-order valence-corrected chi connectivity index (χ0v) is 18.9. The lowest BCUT2D eigenvalue weighted by molar-refractivity contribution is -0.118. The molecule has 0 spiro atoms. The van der Waals surface area contributed by atoms with Gasteiger partial charge in [-0.1, -0.05) is 31.7 Å². The summed E-state index contributed by atoms with van der Waals surface area (Å²) in [4.78, 5) is 23.7. The van der Waals surface area contributed by atoms with Gasteiger partial charge in [0.15, 0.2) is 5.16 Å². The van der Waals surface area contributed by atoms with E-state index >= 15 is 0 Å². The van der Waals surface area contributed by atoms with Crippen LogP contribution in [0.5, 0.6) is 0 Å².